The third kappa shape index (κ3) is 9.23. The third-order valence-electron chi connectivity index (χ3n) is 4.17. The summed E-state index contributed by atoms with van der Waals surface area (Å²) in [5.74, 6) is -0.824. The molecule has 0 aliphatic heterocycles. The van der Waals surface area contributed by atoms with Crippen molar-refractivity contribution >= 4 is 29.9 Å². The van der Waals surface area contributed by atoms with Crippen LogP contribution < -0.4 is 5.12 Å². The molecule has 0 saturated carbocycles. The molecular formula is C18H26F6N4S2. The molecule has 0 spiro atoms. The van der Waals surface area contributed by atoms with E-state index in [1.165, 1.54) is 32.1 Å². The lowest BCUT2D eigenvalue weighted by molar-refractivity contribution is -0.293. The van der Waals surface area contributed by atoms with Gasteiger partial charge in [-0.1, -0.05) is 67.3 Å². The van der Waals surface area contributed by atoms with Gasteiger partial charge in [-0.2, -0.15) is 31.9 Å². The van der Waals surface area contributed by atoms with Gasteiger partial charge in [0, 0.05) is 5.75 Å². The van der Waals surface area contributed by atoms with E-state index < -0.39 is 28.1 Å². The van der Waals surface area contributed by atoms with E-state index in [1.54, 1.807) is 0 Å². The molecule has 0 unspecified atom stereocenters. The van der Waals surface area contributed by atoms with E-state index in [4.69, 9.17) is 0 Å². The first-order valence-electron chi connectivity index (χ1n) is 9.72. The molecular weight excluding hydrogens is 450 g/mol. The van der Waals surface area contributed by atoms with Crippen molar-refractivity contribution in [3.63, 3.8) is 0 Å². The van der Waals surface area contributed by atoms with Crippen LogP contribution in [0.1, 0.15) is 64.2 Å². The summed E-state index contributed by atoms with van der Waals surface area (Å²) >= 11 is 5.70. The van der Waals surface area contributed by atoms with Gasteiger partial charge in [-0.3, -0.25) is 4.98 Å². The van der Waals surface area contributed by atoms with Crippen LogP contribution in [0.3, 0.4) is 0 Å². The summed E-state index contributed by atoms with van der Waals surface area (Å²) in [6, 6.07) is -5.74. The van der Waals surface area contributed by atoms with Crippen LogP contribution >= 0.6 is 24.0 Å². The molecule has 1 aromatic heterocycles. The molecule has 0 aliphatic carbocycles. The van der Waals surface area contributed by atoms with E-state index in [2.05, 4.69) is 28.8 Å². The molecule has 30 heavy (non-hydrogen) atoms. The summed E-state index contributed by atoms with van der Waals surface area (Å²) in [5, 5.41) is -1.93. The number of halogens is 6. The van der Waals surface area contributed by atoms with Crippen LogP contribution in [-0.2, 0) is 0 Å². The van der Waals surface area contributed by atoms with Crippen molar-refractivity contribution in [2.45, 2.75) is 81.6 Å². The van der Waals surface area contributed by atoms with Crippen LogP contribution in [-0.4, -0.2) is 32.9 Å². The molecule has 1 heterocycles. The Labute approximate surface area is 181 Å². The summed E-state index contributed by atoms with van der Waals surface area (Å²) in [6.07, 6.45) is 6.76. The first kappa shape index (κ1) is 26.7. The molecule has 1 rings (SSSR count). The van der Waals surface area contributed by atoms with Gasteiger partial charge in [0.1, 0.15) is 0 Å². The predicted octanol–water partition coefficient (Wildman–Crippen LogP) is 7.56. The number of nitrogens with one attached hydrogen (secondary N) is 1. The molecule has 1 aromatic rings. The minimum absolute atomic E-state index is 0.158. The Hall–Kier alpha value is -1.30. The van der Waals surface area contributed by atoms with Crippen LogP contribution in [0.25, 0.3) is 0 Å². The predicted molar refractivity (Wildman–Crippen MR) is 109 cm³/mol. The fourth-order valence-corrected chi connectivity index (χ4v) is 3.62. The van der Waals surface area contributed by atoms with E-state index in [1.807, 2.05) is 11.1 Å². The number of anilines is 1. The first-order valence-corrected chi connectivity index (χ1v) is 11.1. The Morgan fingerprint density at radius 3 is 2.00 bits per heavy atom. The number of unbranched alkanes of at least 4 members (excludes halogenated alkanes) is 9. The largest absolute Gasteiger partial charge is 0.478 e. The number of aromatic nitrogens is 3. The van der Waals surface area contributed by atoms with Crippen molar-refractivity contribution in [2.75, 3.05) is 10.9 Å². The second kappa shape index (κ2) is 13.2. The highest BCUT2D eigenvalue weighted by Gasteiger charge is 2.64. The standard InChI is InChI=1S/C18H26F6N4S2/c1-2-3-4-5-6-7-8-9-10-11-12-13-30-16-26-14(25-15(29)27-16)28(24)18(22,23)17(19,20)21/h2H,1,3-13H2,(H,25,26,27,29). The zero-order valence-electron chi connectivity index (χ0n) is 16.5. The molecule has 0 radical (unpaired) electrons. The molecule has 0 bridgehead atoms. The van der Waals surface area contributed by atoms with Crippen molar-refractivity contribution in [1.82, 2.24) is 15.0 Å². The highest BCUT2D eigenvalue weighted by atomic mass is 32.2. The van der Waals surface area contributed by atoms with E-state index in [-0.39, 0.29) is 5.16 Å². The number of allylic oxidation sites excluding steroid dienone is 1. The van der Waals surface area contributed by atoms with Gasteiger partial charge in [0.05, 0.1) is 0 Å². The normalized spacial score (nSPS) is 12.2. The first-order chi connectivity index (χ1) is 14.1. The fraction of sp³-hybridized carbons (Fsp3) is 0.722. The third-order valence-corrected chi connectivity index (χ3v) is 5.30. The lowest BCUT2D eigenvalue weighted by atomic mass is 10.1. The van der Waals surface area contributed by atoms with Crippen molar-refractivity contribution in [1.29, 1.82) is 0 Å². The highest BCUT2D eigenvalue weighted by Crippen LogP contribution is 2.40. The maximum atomic E-state index is 13.6. The summed E-state index contributed by atoms with van der Waals surface area (Å²) in [7, 11) is 0. The van der Waals surface area contributed by atoms with Crippen LogP contribution in [0, 0.1) is 4.77 Å². The topological polar surface area (TPSA) is 44.8 Å². The summed E-state index contributed by atoms with van der Waals surface area (Å²) in [6.45, 7) is 3.69. The van der Waals surface area contributed by atoms with E-state index in [0.29, 0.717) is 5.75 Å². The molecule has 0 aliphatic rings. The van der Waals surface area contributed by atoms with Gasteiger partial charge in [0.15, 0.2) is 5.16 Å². The Morgan fingerprint density at radius 2 is 1.47 bits per heavy atom. The van der Waals surface area contributed by atoms with Gasteiger partial charge < -0.3 is 0 Å². The van der Waals surface area contributed by atoms with Gasteiger partial charge in [-0.05, 0) is 31.5 Å². The molecule has 0 aromatic carbocycles. The number of hydrogen-bond donors (Lipinski definition) is 1. The van der Waals surface area contributed by atoms with Gasteiger partial charge in [0.2, 0.25) is 10.7 Å². The van der Waals surface area contributed by atoms with E-state index in [9.17, 15) is 26.4 Å². The maximum absolute atomic E-state index is 13.6. The number of rotatable bonds is 15. The van der Waals surface area contributed by atoms with Crippen LogP contribution in [0.5, 0.6) is 0 Å². The fourth-order valence-electron chi connectivity index (χ4n) is 2.55. The Bertz CT molecular complexity index is 696. The molecule has 0 fully saturated rings. The van der Waals surface area contributed by atoms with E-state index >= 15 is 0 Å². The number of hydrogen-bond acceptors (Lipinski definition) is 5. The minimum atomic E-state index is -6.11. The summed E-state index contributed by atoms with van der Waals surface area (Å²) < 4.78 is 76.4. The molecule has 0 saturated heterocycles. The zero-order valence-corrected chi connectivity index (χ0v) is 18.1. The SMILES string of the molecule is C=CCCCCCCCCCCCSc1nc(N(F)C(F)(F)C(F)(F)F)[nH]c(=S)n1. The number of alkyl halides is 5. The number of thioether (sulfide) groups is 1. The summed E-state index contributed by atoms with van der Waals surface area (Å²) in [4.78, 5) is 8.95. The van der Waals surface area contributed by atoms with Crippen molar-refractivity contribution in [3.8, 4) is 0 Å². The molecule has 172 valence electrons. The van der Waals surface area contributed by atoms with Crippen LogP contribution in [0.15, 0.2) is 17.8 Å². The molecule has 0 amide bonds. The van der Waals surface area contributed by atoms with Gasteiger partial charge in [0.25, 0.3) is 0 Å². The molecule has 1 N–H and O–H groups in total. The second-order valence-electron chi connectivity index (χ2n) is 6.69. The van der Waals surface area contributed by atoms with Crippen LogP contribution in [0.2, 0.25) is 0 Å². The lowest BCUT2D eigenvalue weighted by Crippen LogP contribution is -2.49. The summed E-state index contributed by atoms with van der Waals surface area (Å²) in [5.41, 5.74) is 0. The van der Waals surface area contributed by atoms with Gasteiger partial charge >= 0.3 is 12.2 Å². The van der Waals surface area contributed by atoms with Crippen molar-refractivity contribution in [2.24, 2.45) is 0 Å². The average Bonchev–Trinajstić information content (AvgIpc) is 2.67. The van der Waals surface area contributed by atoms with Crippen LogP contribution in [0.4, 0.5) is 32.4 Å². The number of nitrogens with zero attached hydrogens (tertiary/aromatic N) is 3. The lowest BCUT2D eigenvalue weighted by Gasteiger charge is -2.24. The monoisotopic (exact) mass is 476 g/mol. The molecule has 4 nitrogen and oxygen atoms in total. The highest BCUT2D eigenvalue weighted by molar-refractivity contribution is 7.99. The van der Waals surface area contributed by atoms with Gasteiger partial charge in [-0.15, -0.1) is 11.7 Å². The average molecular weight is 477 g/mol. The smallest absolute Gasteiger partial charge is 0.299 e. The number of aromatic amines is 1. The quantitative estimate of drug-likeness (QED) is 0.0538. The van der Waals surface area contributed by atoms with Gasteiger partial charge in [-0.25, -0.2) is 0 Å². The Balaban J connectivity index is 2.35. The minimum Gasteiger partial charge on any atom is -0.299 e. The Kier molecular flexibility index (Phi) is 11.7. The maximum Gasteiger partial charge on any atom is 0.478 e. The Morgan fingerprint density at radius 1 is 0.933 bits per heavy atom. The zero-order chi connectivity index (χ0) is 22.6. The molecule has 0 atom stereocenters. The second-order valence-corrected chi connectivity index (χ2v) is 8.14. The number of H-pyrrole nitrogens is 1. The van der Waals surface area contributed by atoms with Crippen molar-refractivity contribution in [3.05, 3.63) is 17.4 Å². The van der Waals surface area contributed by atoms with E-state index in [0.717, 1.165) is 43.9 Å². The van der Waals surface area contributed by atoms with Crippen molar-refractivity contribution < 1.29 is 26.4 Å². The molecule has 12 heteroatoms.